The topological polar surface area (TPSA) is 146 Å². The van der Waals surface area contributed by atoms with Crippen LogP contribution in [0.25, 0.3) is 11.0 Å². The van der Waals surface area contributed by atoms with Crippen LogP contribution in [-0.2, 0) is 31.1 Å². The van der Waals surface area contributed by atoms with Crippen molar-refractivity contribution in [3.63, 3.8) is 0 Å². The van der Waals surface area contributed by atoms with Crippen molar-refractivity contribution >= 4 is 34.5 Å². The highest BCUT2D eigenvalue weighted by Crippen LogP contribution is 2.64. The minimum Gasteiger partial charge on any atom is -0.491 e. The van der Waals surface area contributed by atoms with E-state index in [0.717, 1.165) is 22.2 Å². The van der Waals surface area contributed by atoms with Crippen LogP contribution in [0.3, 0.4) is 0 Å². The molecule has 0 radical (unpaired) electrons. The van der Waals surface area contributed by atoms with Crippen molar-refractivity contribution in [2.24, 2.45) is 5.92 Å². The standard InChI is InChI=1S/C43H37N5O6/c49-22-23-53-29-17-11-16-28(24-29)39-43(30-18-7-8-19-31(30)47-42(43)52)35(40(50)44-25-34-45-32-20-9-10-21-33(32)46-34)37-41(51)54-38(27-14-5-2-6-15-27)36(48(37)39)26-12-3-1-4-13-26/h1-21,24,35-39,49H,22-23,25H2,(H,44,50)(H,45,46)(H,47,52)/t35-,36-,37-,38+,39+,43-/m0/s1. The van der Waals surface area contributed by atoms with Gasteiger partial charge in [-0.2, -0.15) is 0 Å². The number of aliphatic hydroxyl groups is 1. The number of nitrogens with zero attached hydrogens (tertiary/aromatic N) is 2. The van der Waals surface area contributed by atoms with Crippen molar-refractivity contribution in [3.8, 4) is 5.75 Å². The van der Waals surface area contributed by atoms with Crippen LogP contribution in [0.1, 0.15) is 46.3 Å². The van der Waals surface area contributed by atoms with Gasteiger partial charge in [0.1, 0.15) is 35.7 Å². The summed E-state index contributed by atoms with van der Waals surface area (Å²) in [6, 6.07) is 38.9. The summed E-state index contributed by atoms with van der Waals surface area (Å²) in [5, 5.41) is 15.7. The van der Waals surface area contributed by atoms with Crippen molar-refractivity contribution in [1.82, 2.24) is 20.2 Å². The number of ether oxygens (including phenoxy) is 2. The lowest BCUT2D eigenvalue weighted by molar-refractivity contribution is -0.178. The second-order valence-corrected chi connectivity index (χ2v) is 13.8. The number of esters is 1. The summed E-state index contributed by atoms with van der Waals surface area (Å²) in [4.78, 5) is 55.0. The second kappa shape index (κ2) is 13.6. The number of imidazole rings is 1. The van der Waals surface area contributed by atoms with Gasteiger partial charge in [0.05, 0.1) is 42.2 Å². The Morgan fingerprint density at radius 2 is 1.54 bits per heavy atom. The lowest BCUT2D eigenvalue weighted by Gasteiger charge is -2.46. The third kappa shape index (κ3) is 5.35. The first-order valence-corrected chi connectivity index (χ1v) is 18.0. The number of para-hydroxylation sites is 3. The molecule has 3 aliphatic heterocycles. The number of morpholine rings is 1. The third-order valence-electron chi connectivity index (χ3n) is 10.9. The van der Waals surface area contributed by atoms with Gasteiger partial charge in [0.15, 0.2) is 0 Å². The number of rotatable bonds is 9. The van der Waals surface area contributed by atoms with E-state index in [0.29, 0.717) is 28.4 Å². The number of cyclic esters (lactones) is 1. The first-order valence-electron chi connectivity index (χ1n) is 18.0. The SMILES string of the molecule is O=C1O[C@H](c2ccccc2)[C@H](c2ccccc2)N2[C@H]1[C@@H](C(=O)NCc1nc3ccccc3[nH]1)[C@]1(C(=O)Nc3ccccc31)[C@H]2c1cccc(OCCO)c1. The molecule has 2 fully saturated rings. The number of carbonyl (C=O) groups is 3. The van der Waals surface area contributed by atoms with Crippen molar-refractivity contribution in [3.05, 3.63) is 162 Å². The van der Waals surface area contributed by atoms with E-state index in [1.807, 2.05) is 132 Å². The summed E-state index contributed by atoms with van der Waals surface area (Å²) >= 11 is 0. The van der Waals surface area contributed by atoms with E-state index in [2.05, 4.69) is 20.6 Å². The molecule has 9 rings (SSSR count). The number of fused-ring (bicyclic) bond motifs is 4. The maximum Gasteiger partial charge on any atom is 0.324 e. The van der Waals surface area contributed by atoms with Gasteiger partial charge in [0.25, 0.3) is 0 Å². The number of hydrogen-bond acceptors (Lipinski definition) is 8. The Bertz CT molecular complexity index is 2330. The van der Waals surface area contributed by atoms with Crippen LogP contribution in [0.2, 0.25) is 0 Å². The number of amides is 2. The van der Waals surface area contributed by atoms with Crippen LogP contribution >= 0.6 is 0 Å². The monoisotopic (exact) mass is 719 g/mol. The Hall–Kier alpha value is -6.30. The number of benzene rings is 5. The van der Waals surface area contributed by atoms with Crippen molar-refractivity contribution < 1.29 is 29.0 Å². The number of anilines is 1. The van der Waals surface area contributed by atoms with E-state index in [4.69, 9.17) is 9.47 Å². The minimum atomic E-state index is -1.60. The minimum absolute atomic E-state index is 0.0367. The van der Waals surface area contributed by atoms with Gasteiger partial charge < -0.3 is 30.2 Å². The molecule has 11 nitrogen and oxygen atoms in total. The van der Waals surface area contributed by atoms with Crippen LogP contribution in [0.4, 0.5) is 5.69 Å². The molecule has 6 atom stereocenters. The fraction of sp³-hybridized carbons (Fsp3) is 0.209. The summed E-state index contributed by atoms with van der Waals surface area (Å²) < 4.78 is 12.4. The number of aromatic nitrogens is 2. The zero-order chi connectivity index (χ0) is 36.8. The van der Waals surface area contributed by atoms with Crippen LogP contribution in [-0.4, -0.2) is 57.0 Å². The zero-order valence-corrected chi connectivity index (χ0v) is 29.1. The van der Waals surface area contributed by atoms with Crippen LogP contribution in [0.5, 0.6) is 5.75 Å². The average Bonchev–Trinajstić information content (AvgIpc) is 3.87. The van der Waals surface area contributed by atoms with E-state index in [-0.39, 0.29) is 19.8 Å². The number of aromatic amines is 1. The highest BCUT2D eigenvalue weighted by Gasteiger charge is 2.74. The molecule has 4 N–H and O–H groups in total. The number of nitrogens with one attached hydrogen (secondary N) is 3. The van der Waals surface area contributed by atoms with Crippen molar-refractivity contribution in [2.45, 2.75) is 36.2 Å². The molecule has 2 saturated heterocycles. The smallest absolute Gasteiger partial charge is 0.324 e. The van der Waals surface area contributed by atoms with Gasteiger partial charge in [0.2, 0.25) is 11.8 Å². The molecule has 1 aromatic heterocycles. The summed E-state index contributed by atoms with van der Waals surface area (Å²) in [6.45, 7) is -0.0818. The summed E-state index contributed by atoms with van der Waals surface area (Å²) in [5.41, 5.74) is 3.45. The van der Waals surface area contributed by atoms with Crippen LogP contribution in [0.15, 0.2) is 133 Å². The highest BCUT2D eigenvalue weighted by molar-refractivity contribution is 6.12. The molecule has 0 saturated carbocycles. The zero-order valence-electron chi connectivity index (χ0n) is 29.1. The first-order chi connectivity index (χ1) is 26.5. The molecule has 4 heterocycles. The Morgan fingerprint density at radius 1 is 0.833 bits per heavy atom. The Labute approximate surface area is 310 Å². The largest absolute Gasteiger partial charge is 0.491 e. The molecular formula is C43H37N5O6. The fourth-order valence-electron chi connectivity index (χ4n) is 8.86. The van der Waals surface area contributed by atoms with Gasteiger partial charge in [-0.25, -0.2) is 4.98 Å². The summed E-state index contributed by atoms with van der Waals surface area (Å²) in [5.74, 6) is -1.72. The van der Waals surface area contributed by atoms with E-state index in [1.54, 1.807) is 6.07 Å². The number of aliphatic hydroxyl groups excluding tert-OH is 1. The Morgan fingerprint density at radius 3 is 2.31 bits per heavy atom. The lowest BCUT2D eigenvalue weighted by Crippen LogP contribution is -2.54. The number of H-pyrrole nitrogens is 1. The van der Waals surface area contributed by atoms with Crippen LogP contribution in [0, 0.1) is 5.92 Å². The normalized spacial score (nSPS) is 24.5. The molecule has 5 aromatic carbocycles. The molecular weight excluding hydrogens is 683 g/mol. The molecule has 2 amide bonds. The molecule has 54 heavy (non-hydrogen) atoms. The van der Waals surface area contributed by atoms with E-state index >= 15 is 9.59 Å². The van der Waals surface area contributed by atoms with Gasteiger partial charge in [-0.05, 0) is 52.6 Å². The predicted octanol–water partition coefficient (Wildman–Crippen LogP) is 5.52. The lowest BCUT2D eigenvalue weighted by atomic mass is 9.65. The fourth-order valence-corrected chi connectivity index (χ4v) is 8.86. The van der Waals surface area contributed by atoms with Gasteiger partial charge in [-0.1, -0.05) is 103 Å². The third-order valence-corrected chi connectivity index (χ3v) is 10.9. The summed E-state index contributed by atoms with van der Waals surface area (Å²) in [7, 11) is 0. The summed E-state index contributed by atoms with van der Waals surface area (Å²) in [6.07, 6.45) is -0.775. The van der Waals surface area contributed by atoms with Gasteiger partial charge in [-0.15, -0.1) is 0 Å². The molecule has 0 aliphatic carbocycles. The predicted molar refractivity (Wildman–Crippen MR) is 200 cm³/mol. The molecule has 6 aromatic rings. The highest BCUT2D eigenvalue weighted by atomic mass is 16.6. The first kappa shape index (κ1) is 33.5. The Kier molecular flexibility index (Phi) is 8.44. The maximum absolute atomic E-state index is 15.1. The number of carbonyl (C=O) groups excluding carboxylic acids is 3. The maximum atomic E-state index is 15.1. The average molecular weight is 720 g/mol. The molecule has 3 aliphatic rings. The van der Waals surface area contributed by atoms with E-state index in [1.165, 1.54) is 0 Å². The molecule has 0 bridgehead atoms. The van der Waals surface area contributed by atoms with Crippen molar-refractivity contribution in [2.75, 3.05) is 18.5 Å². The van der Waals surface area contributed by atoms with Crippen LogP contribution < -0.4 is 15.4 Å². The molecule has 1 spiro atoms. The number of hydrogen-bond donors (Lipinski definition) is 4. The van der Waals surface area contributed by atoms with Gasteiger partial charge >= 0.3 is 5.97 Å². The molecule has 0 unspecified atom stereocenters. The van der Waals surface area contributed by atoms with E-state index < -0.39 is 53.3 Å². The van der Waals surface area contributed by atoms with Gasteiger partial charge in [0, 0.05) is 5.69 Å². The quantitative estimate of drug-likeness (QED) is 0.143. The van der Waals surface area contributed by atoms with E-state index in [9.17, 15) is 9.90 Å². The molecule has 11 heteroatoms. The molecule has 270 valence electrons. The second-order valence-electron chi connectivity index (χ2n) is 13.8. The van der Waals surface area contributed by atoms with Crippen molar-refractivity contribution in [1.29, 1.82) is 0 Å². The van der Waals surface area contributed by atoms with Gasteiger partial charge in [-0.3, -0.25) is 19.3 Å². The Balaban J connectivity index is 1.27.